The Balaban J connectivity index is 1.84. The summed E-state index contributed by atoms with van der Waals surface area (Å²) in [6.45, 7) is 13.4. The molecule has 0 bridgehead atoms. The van der Waals surface area contributed by atoms with Crippen molar-refractivity contribution >= 4 is 5.91 Å². The Morgan fingerprint density at radius 1 is 1.30 bits per heavy atom. The molecular weight excluding hydrogens is 252 g/mol. The van der Waals surface area contributed by atoms with Gasteiger partial charge in [-0.3, -0.25) is 9.69 Å². The monoisotopic (exact) mass is 282 g/mol. The summed E-state index contributed by atoms with van der Waals surface area (Å²) < 4.78 is 0. The summed E-state index contributed by atoms with van der Waals surface area (Å²) in [6.07, 6.45) is 0.938. The number of likely N-dealkylation sites (N-methyl/N-ethyl adjacent to an activating group) is 1. The number of nitrogens with zero attached hydrogens (tertiary/aromatic N) is 2. The van der Waals surface area contributed by atoms with Gasteiger partial charge in [-0.25, -0.2) is 0 Å². The molecule has 2 aliphatic heterocycles. The van der Waals surface area contributed by atoms with Gasteiger partial charge in [0.15, 0.2) is 0 Å². The van der Waals surface area contributed by atoms with Crippen LogP contribution in [0.25, 0.3) is 0 Å². The molecule has 0 radical (unpaired) electrons. The van der Waals surface area contributed by atoms with Crippen LogP contribution >= 0.6 is 0 Å². The van der Waals surface area contributed by atoms with Gasteiger partial charge in [0.1, 0.15) is 0 Å². The van der Waals surface area contributed by atoms with E-state index in [-0.39, 0.29) is 16.9 Å². The van der Waals surface area contributed by atoms with Crippen LogP contribution in [0, 0.1) is 5.41 Å². The molecule has 0 aliphatic carbocycles. The molecule has 5 heteroatoms. The normalized spacial score (nSPS) is 29.6. The van der Waals surface area contributed by atoms with E-state index in [0.29, 0.717) is 0 Å². The van der Waals surface area contributed by atoms with Gasteiger partial charge in [0.25, 0.3) is 0 Å². The van der Waals surface area contributed by atoms with E-state index in [1.54, 1.807) is 0 Å². The topological polar surface area (TPSA) is 47.6 Å². The number of carbonyl (C=O) groups is 1. The maximum atomic E-state index is 12.4. The highest BCUT2D eigenvalue weighted by Gasteiger charge is 2.37. The average Bonchev–Trinajstić information content (AvgIpc) is 2.85. The number of piperazine rings is 1. The molecular formula is C15H30N4O. The molecule has 1 unspecified atom stereocenters. The largest absolute Gasteiger partial charge is 0.354 e. The Kier molecular flexibility index (Phi) is 4.72. The smallest absolute Gasteiger partial charge is 0.227 e. The molecule has 20 heavy (non-hydrogen) atoms. The van der Waals surface area contributed by atoms with Crippen LogP contribution in [-0.2, 0) is 4.79 Å². The molecule has 2 N–H and O–H groups in total. The highest BCUT2D eigenvalue weighted by molar-refractivity contribution is 5.82. The molecule has 116 valence electrons. The minimum Gasteiger partial charge on any atom is -0.354 e. The van der Waals surface area contributed by atoms with Gasteiger partial charge >= 0.3 is 0 Å². The third-order valence-electron chi connectivity index (χ3n) is 4.96. The van der Waals surface area contributed by atoms with Crippen molar-refractivity contribution in [2.45, 2.75) is 32.7 Å². The standard InChI is InChI=1S/C15H30N4O/c1-14(2,19-9-7-18(4)8-10-19)11-17-13(20)15(3)5-6-16-12-15/h16H,5-12H2,1-4H3,(H,17,20). The van der Waals surface area contributed by atoms with Crippen LogP contribution in [0.15, 0.2) is 0 Å². The molecule has 0 aromatic carbocycles. The number of hydrogen-bond acceptors (Lipinski definition) is 4. The third-order valence-corrected chi connectivity index (χ3v) is 4.96. The van der Waals surface area contributed by atoms with E-state index in [2.05, 4.69) is 48.3 Å². The van der Waals surface area contributed by atoms with Crippen LogP contribution in [0.2, 0.25) is 0 Å². The summed E-state index contributed by atoms with van der Waals surface area (Å²) in [5, 5.41) is 6.46. The molecule has 0 saturated carbocycles. The lowest BCUT2D eigenvalue weighted by Crippen LogP contribution is -2.58. The molecule has 0 aromatic heterocycles. The molecule has 2 heterocycles. The van der Waals surface area contributed by atoms with Crippen molar-refractivity contribution < 1.29 is 4.79 Å². The summed E-state index contributed by atoms with van der Waals surface area (Å²) in [5.74, 6) is 0.199. The highest BCUT2D eigenvalue weighted by Crippen LogP contribution is 2.25. The van der Waals surface area contributed by atoms with Crippen molar-refractivity contribution in [3.05, 3.63) is 0 Å². The Hall–Kier alpha value is -0.650. The van der Waals surface area contributed by atoms with E-state index in [1.165, 1.54) is 0 Å². The molecule has 2 aliphatic rings. The van der Waals surface area contributed by atoms with Crippen molar-refractivity contribution in [1.29, 1.82) is 0 Å². The van der Waals surface area contributed by atoms with E-state index < -0.39 is 0 Å². The van der Waals surface area contributed by atoms with Gasteiger partial charge in [0.05, 0.1) is 5.41 Å². The lowest BCUT2D eigenvalue weighted by Gasteiger charge is -2.43. The van der Waals surface area contributed by atoms with Crippen molar-refractivity contribution in [3.8, 4) is 0 Å². The predicted octanol–water partition coefficient (Wildman–Crippen LogP) is 0.128. The molecule has 2 saturated heterocycles. The zero-order valence-corrected chi connectivity index (χ0v) is 13.5. The van der Waals surface area contributed by atoms with Gasteiger partial charge in [-0.2, -0.15) is 0 Å². The fraction of sp³-hybridized carbons (Fsp3) is 0.933. The first-order chi connectivity index (χ1) is 9.33. The van der Waals surface area contributed by atoms with Crippen LogP contribution in [0.3, 0.4) is 0 Å². The minimum atomic E-state index is -0.224. The van der Waals surface area contributed by atoms with Crippen molar-refractivity contribution in [2.24, 2.45) is 5.41 Å². The van der Waals surface area contributed by atoms with Crippen molar-refractivity contribution in [3.63, 3.8) is 0 Å². The fourth-order valence-electron chi connectivity index (χ4n) is 3.04. The third kappa shape index (κ3) is 3.51. The quantitative estimate of drug-likeness (QED) is 0.769. The zero-order valence-electron chi connectivity index (χ0n) is 13.5. The van der Waals surface area contributed by atoms with Gasteiger partial charge in [-0.05, 0) is 40.8 Å². The van der Waals surface area contributed by atoms with E-state index in [0.717, 1.165) is 52.2 Å². The second-order valence-corrected chi connectivity index (χ2v) is 7.27. The Morgan fingerprint density at radius 3 is 2.50 bits per heavy atom. The van der Waals surface area contributed by atoms with Gasteiger partial charge in [-0.1, -0.05) is 0 Å². The Labute approximate surface area is 123 Å². The number of rotatable bonds is 4. The summed E-state index contributed by atoms with van der Waals surface area (Å²) in [6, 6.07) is 0. The maximum Gasteiger partial charge on any atom is 0.227 e. The van der Waals surface area contributed by atoms with Crippen LogP contribution in [-0.4, -0.2) is 74.1 Å². The summed E-state index contributed by atoms with van der Waals surface area (Å²) in [7, 11) is 2.17. The summed E-state index contributed by atoms with van der Waals surface area (Å²) in [4.78, 5) is 17.2. The van der Waals surface area contributed by atoms with E-state index in [4.69, 9.17) is 0 Å². The summed E-state index contributed by atoms with van der Waals surface area (Å²) >= 11 is 0. The lowest BCUT2D eigenvalue weighted by molar-refractivity contribution is -0.129. The van der Waals surface area contributed by atoms with Crippen molar-refractivity contribution in [1.82, 2.24) is 20.4 Å². The van der Waals surface area contributed by atoms with E-state index in [9.17, 15) is 4.79 Å². The second-order valence-electron chi connectivity index (χ2n) is 7.27. The average molecular weight is 282 g/mol. The molecule has 0 spiro atoms. The Bertz CT molecular complexity index is 342. The molecule has 0 aromatic rings. The fourth-order valence-corrected chi connectivity index (χ4v) is 3.04. The number of hydrogen-bond donors (Lipinski definition) is 2. The Morgan fingerprint density at radius 2 is 1.95 bits per heavy atom. The predicted molar refractivity (Wildman–Crippen MR) is 81.8 cm³/mol. The zero-order chi connectivity index (χ0) is 14.8. The summed E-state index contributed by atoms with van der Waals surface area (Å²) in [5.41, 5.74) is -0.197. The van der Waals surface area contributed by atoms with Gasteiger partial charge in [0.2, 0.25) is 5.91 Å². The van der Waals surface area contributed by atoms with Gasteiger partial charge < -0.3 is 15.5 Å². The van der Waals surface area contributed by atoms with E-state index >= 15 is 0 Å². The molecule has 2 fully saturated rings. The SMILES string of the molecule is CN1CCN(C(C)(C)CNC(=O)C2(C)CCNC2)CC1. The number of nitrogens with one attached hydrogen (secondary N) is 2. The first kappa shape index (κ1) is 15.7. The molecule has 1 atom stereocenters. The number of carbonyl (C=O) groups excluding carboxylic acids is 1. The van der Waals surface area contributed by atoms with Gasteiger partial charge in [-0.15, -0.1) is 0 Å². The van der Waals surface area contributed by atoms with Crippen LogP contribution in [0.1, 0.15) is 27.2 Å². The van der Waals surface area contributed by atoms with Crippen LogP contribution in [0.4, 0.5) is 0 Å². The van der Waals surface area contributed by atoms with E-state index in [1.807, 2.05) is 0 Å². The second kappa shape index (κ2) is 6.00. The highest BCUT2D eigenvalue weighted by atomic mass is 16.2. The number of amides is 1. The van der Waals surface area contributed by atoms with Crippen LogP contribution in [0.5, 0.6) is 0 Å². The molecule has 2 rings (SSSR count). The van der Waals surface area contributed by atoms with Crippen LogP contribution < -0.4 is 10.6 Å². The minimum absolute atomic E-state index is 0.0271. The molecule has 5 nitrogen and oxygen atoms in total. The lowest BCUT2D eigenvalue weighted by atomic mass is 9.88. The molecule has 1 amide bonds. The van der Waals surface area contributed by atoms with Crippen molar-refractivity contribution in [2.75, 3.05) is 52.9 Å². The first-order valence-corrected chi connectivity index (χ1v) is 7.76. The van der Waals surface area contributed by atoms with Gasteiger partial charge in [0, 0.05) is 44.8 Å². The maximum absolute atomic E-state index is 12.4. The first-order valence-electron chi connectivity index (χ1n) is 7.76.